The first-order valence-electron chi connectivity index (χ1n) is 9.99. The van der Waals surface area contributed by atoms with Crippen molar-refractivity contribution in [2.24, 2.45) is 0 Å². The fourth-order valence-corrected chi connectivity index (χ4v) is 3.44. The molecule has 3 aromatic heterocycles. The van der Waals surface area contributed by atoms with Crippen molar-refractivity contribution < 1.29 is 14.3 Å². The Labute approximate surface area is 189 Å². The van der Waals surface area contributed by atoms with Crippen molar-refractivity contribution >= 4 is 28.8 Å². The number of carbonyl (C=O) groups excluding carboxylic acids is 2. The van der Waals surface area contributed by atoms with Crippen molar-refractivity contribution in [3.05, 3.63) is 72.2 Å². The third kappa shape index (κ3) is 4.22. The Hall–Kier alpha value is -4.71. The van der Waals surface area contributed by atoms with Crippen molar-refractivity contribution in [2.45, 2.75) is 6.92 Å². The SMILES string of the molecule is COc1cc(N(C)C(=O)c2ccn3ncc(-c4ccc(NC(C)=O)nc4)c3c2)ccc1C#N. The maximum atomic E-state index is 13.2. The third-order valence-corrected chi connectivity index (χ3v) is 5.14. The molecule has 0 radical (unpaired) electrons. The van der Waals surface area contributed by atoms with Gasteiger partial charge >= 0.3 is 0 Å². The number of hydrogen-bond donors (Lipinski definition) is 1. The molecule has 3 heterocycles. The highest BCUT2D eigenvalue weighted by molar-refractivity contribution is 6.07. The van der Waals surface area contributed by atoms with Gasteiger partial charge in [-0.1, -0.05) is 0 Å². The molecule has 0 saturated carbocycles. The lowest BCUT2D eigenvalue weighted by atomic mass is 10.1. The van der Waals surface area contributed by atoms with Crippen molar-refractivity contribution in [2.75, 3.05) is 24.4 Å². The summed E-state index contributed by atoms with van der Waals surface area (Å²) in [5, 5.41) is 16.2. The first kappa shape index (κ1) is 21.5. The standard InChI is InChI=1S/C24H20N6O3/c1-15(31)28-23-7-5-18(13-26-23)20-14-27-30-9-8-16(10-21(20)30)24(32)29(2)19-6-4-17(12-25)22(11-19)33-3/h4-11,13-14H,1-3H3,(H,26,28,31). The van der Waals surface area contributed by atoms with Gasteiger partial charge in [-0.25, -0.2) is 9.50 Å². The number of nitriles is 1. The lowest BCUT2D eigenvalue weighted by Crippen LogP contribution is -2.26. The van der Waals surface area contributed by atoms with Crippen LogP contribution in [0.4, 0.5) is 11.5 Å². The van der Waals surface area contributed by atoms with E-state index >= 15 is 0 Å². The molecule has 0 aliphatic rings. The van der Waals surface area contributed by atoms with Crippen molar-refractivity contribution in [1.29, 1.82) is 5.26 Å². The van der Waals surface area contributed by atoms with Crippen molar-refractivity contribution in [1.82, 2.24) is 14.6 Å². The molecule has 0 spiro atoms. The molecule has 164 valence electrons. The molecule has 4 rings (SSSR count). The minimum absolute atomic E-state index is 0.196. The number of amides is 2. The lowest BCUT2D eigenvalue weighted by molar-refractivity contribution is -0.114. The van der Waals surface area contributed by atoms with Gasteiger partial charge in [-0.2, -0.15) is 10.4 Å². The maximum Gasteiger partial charge on any atom is 0.258 e. The maximum absolute atomic E-state index is 13.2. The fourth-order valence-electron chi connectivity index (χ4n) is 3.44. The lowest BCUT2D eigenvalue weighted by Gasteiger charge is -2.18. The number of carbonyl (C=O) groups is 2. The van der Waals surface area contributed by atoms with Gasteiger partial charge in [-0.3, -0.25) is 9.59 Å². The summed E-state index contributed by atoms with van der Waals surface area (Å²) in [6.07, 6.45) is 5.07. The minimum atomic E-state index is -0.226. The van der Waals surface area contributed by atoms with E-state index in [0.29, 0.717) is 28.4 Å². The number of methoxy groups -OCH3 is 1. The Kier molecular flexibility index (Phi) is 5.74. The van der Waals surface area contributed by atoms with E-state index in [-0.39, 0.29) is 11.8 Å². The Balaban J connectivity index is 1.66. The van der Waals surface area contributed by atoms with E-state index in [2.05, 4.69) is 21.5 Å². The minimum Gasteiger partial charge on any atom is -0.495 e. The van der Waals surface area contributed by atoms with Gasteiger partial charge in [-0.15, -0.1) is 0 Å². The normalized spacial score (nSPS) is 10.5. The molecule has 2 amide bonds. The highest BCUT2D eigenvalue weighted by Gasteiger charge is 2.17. The summed E-state index contributed by atoms with van der Waals surface area (Å²) in [6.45, 7) is 1.42. The molecule has 4 aromatic rings. The quantitative estimate of drug-likeness (QED) is 0.508. The van der Waals surface area contributed by atoms with Crippen molar-refractivity contribution in [3.8, 4) is 22.9 Å². The molecular formula is C24H20N6O3. The van der Waals surface area contributed by atoms with Crippen LogP contribution in [0.25, 0.3) is 16.6 Å². The molecular weight excluding hydrogens is 420 g/mol. The molecule has 1 N–H and O–H groups in total. The highest BCUT2D eigenvalue weighted by Crippen LogP contribution is 2.28. The fraction of sp³-hybridized carbons (Fsp3) is 0.125. The Bertz CT molecular complexity index is 1400. The summed E-state index contributed by atoms with van der Waals surface area (Å²) in [7, 11) is 3.14. The van der Waals surface area contributed by atoms with Crippen LogP contribution in [0.15, 0.2) is 61.1 Å². The zero-order valence-corrected chi connectivity index (χ0v) is 18.2. The predicted molar refractivity (Wildman–Crippen MR) is 123 cm³/mol. The van der Waals surface area contributed by atoms with Crippen LogP contribution in [-0.4, -0.2) is 40.6 Å². The van der Waals surface area contributed by atoms with Crippen molar-refractivity contribution in [3.63, 3.8) is 0 Å². The number of benzene rings is 1. The van der Waals surface area contributed by atoms with Crippen LogP contribution in [-0.2, 0) is 4.79 Å². The van der Waals surface area contributed by atoms with Gasteiger partial charge in [0, 0.05) is 54.8 Å². The first-order chi connectivity index (χ1) is 15.9. The number of hydrogen-bond acceptors (Lipinski definition) is 6. The van der Waals surface area contributed by atoms with E-state index in [1.165, 1.54) is 18.9 Å². The number of fused-ring (bicyclic) bond motifs is 1. The highest BCUT2D eigenvalue weighted by atomic mass is 16.5. The van der Waals surface area contributed by atoms with Gasteiger partial charge in [0.05, 0.1) is 24.4 Å². The molecule has 1 aromatic carbocycles. The van der Waals surface area contributed by atoms with E-state index < -0.39 is 0 Å². The number of pyridine rings is 2. The van der Waals surface area contributed by atoms with Crippen LogP contribution in [0, 0.1) is 11.3 Å². The number of anilines is 2. The summed E-state index contributed by atoms with van der Waals surface area (Å²) in [6, 6.07) is 14.0. The van der Waals surface area contributed by atoms with Gasteiger partial charge in [0.15, 0.2) is 0 Å². The molecule has 33 heavy (non-hydrogen) atoms. The predicted octanol–water partition coefficient (Wildman–Crippen LogP) is 3.51. The molecule has 9 nitrogen and oxygen atoms in total. The van der Waals surface area contributed by atoms with Gasteiger partial charge < -0.3 is 15.0 Å². The zero-order valence-electron chi connectivity index (χ0n) is 18.2. The largest absolute Gasteiger partial charge is 0.495 e. The third-order valence-electron chi connectivity index (χ3n) is 5.14. The van der Waals surface area contributed by atoms with E-state index in [1.54, 1.807) is 66.6 Å². The van der Waals surface area contributed by atoms with Crippen LogP contribution in [0.2, 0.25) is 0 Å². The summed E-state index contributed by atoms with van der Waals surface area (Å²) >= 11 is 0. The monoisotopic (exact) mass is 440 g/mol. The molecule has 0 bridgehead atoms. The average Bonchev–Trinajstić information content (AvgIpc) is 3.26. The van der Waals surface area contributed by atoms with E-state index in [9.17, 15) is 14.9 Å². The summed E-state index contributed by atoms with van der Waals surface area (Å²) in [5.74, 6) is 0.436. The van der Waals surface area contributed by atoms with Gasteiger partial charge in [0.2, 0.25) is 5.91 Å². The number of rotatable bonds is 5. The Morgan fingerprint density at radius 3 is 2.64 bits per heavy atom. The average molecular weight is 440 g/mol. The summed E-state index contributed by atoms with van der Waals surface area (Å²) in [4.78, 5) is 30.2. The molecule has 9 heteroatoms. The van der Waals surface area contributed by atoms with Crippen LogP contribution >= 0.6 is 0 Å². The summed E-state index contributed by atoms with van der Waals surface area (Å²) < 4.78 is 6.93. The van der Waals surface area contributed by atoms with Gasteiger partial charge in [0.25, 0.3) is 5.91 Å². The number of nitrogens with zero attached hydrogens (tertiary/aromatic N) is 5. The number of aromatic nitrogens is 3. The Morgan fingerprint density at radius 1 is 1.15 bits per heavy atom. The summed E-state index contributed by atoms with van der Waals surface area (Å²) in [5.41, 5.74) is 3.80. The van der Waals surface area contributed by atoms with E-state index in [4.69, 9.17) is 4.74 Å². The second-order valence-corrected chi connectivity index (χ2v) is 7.28. The van der Waals surface area contributed by atoms with E-state index in [0.717, 1.165) is 16.6 Å². The zero-order chi connectivity index (χ0) is 23.5. The smallest absolute Gasteiger partial charge is 0.258 e. The van der Waals surface area contributed by atoms with Gasteiger partial charge in [-0.05, 0) is 36.4 Å². The van der Waals surface area contributed by atoms with E-state index in [1.807, 2.05) is 6.07 Å². The topological polar surface area (TPSA) is 113 Å². The van der Waals surface area contributed by atoms with Crippen LogP contribution < -0.4 is 15.0 Å². The molecule has 0 unspecified atom stereocenters. The first-order valence-corrected chi connectivity index (χ1v) is 9.99. The Morgan fingerprint density at radius 2 is 1.97 bits per heavy atom. The van der Waals surface area contributed by atoms with Crippen LogP contribution in [0.3, 0.4) is 0 Å². The van der Waals surface area contributed by atoms with Gasteiger partial charge in [0.1, 0.15) is 17.6 Å². The molecule has 0 saturated heterocycles. The van der Waals surface area contributed by atoms with Crippen LogP contribution in [0.1, 0.15) is 22.8 Å². The number of nitrogens with one attached hydrogen (secondary N) is 1. The second-order valence-electron chi connectivity index (χ2n) is 7.28. The second kappa shape index (κ2) is 8.80. The molecule has 0 aliphatic heterocycles. The molecule has 0 atom stereocenters. The van der Waals surface area contributed by atoms with Crippen LogP contribution in [0.5, 0.6) is 5.75 Å². The molecule has 0 aliphatic carbocycles. The number of ether oxygens (including phenoxy) is 1. The molecule has 0 fully saturated rings.